The summed E-state index contributed by atoms with van der Waals surface area (Å²) in [5.74, 6) is 0.775. The minimum atomic E-state index is -0.0695. The topological polar surface area (TPSA) is 57.8 Å². The van der Waals surface area contributed by atoms with Gasteiger partial charge in [0.2, 0.25) is 11.9 Å². The molecule has 0 saturated heterocycles. The molecule has 0 fully saturated rings. The highest BCUT2D eigenvalue weighted by Gasteiger charge is 2.08. The number of benzene rings is 1. The molecule has 2 aromatic rings. The van der Waals surface area contributed by atoms with E-state index in [-0.39, 0.29) is 5.91 Å². The van der Waals surface area contributed by atoms with Gasteiger partial charge in [-0.2, -0.15) is 0 Å². The second-order valence-electron chi connectivity index (χ2n) is 4.14. The maximum atomic E-state index is 11.7. The van der Waals surface area contributed by atoms with Crippen LogP contribution in [0, 0.1) is 13.8 Å². The molecule has 2 rings (SSSR count). The zero-order valence-electron chi connectivity index (χ0n) is 10.7. The van der Waals surface area contributed by atoms with Crippen molar-refractivity contribution in [2.75, 3.05) is 11.1 Å². The van der Waals surface area contributed by atoms with Crippen LogP contribution in [0.25, 0.3) is 0 Å². The SMILES string of the molecule is Cc1cc(SCC(=O)Nc2ncc[nH]2)c(C)cc1Br. The number of imidazole rings is 1. The number of aromatic nitrogens is 2. The third kappa shape index (κ3) is 3.84. The van der Waals surface area contributed by atoms with Gasteiger partial charge in [0.25, 0.3) is 0 Å². The molecule has 0 aliphatic carbocycles. The summed E-state index contributed by atoms with van der Waals surface area (Å²) < 4.78 is 1.09. The van der Waals surface area contributed by atoms with Gasteiger partial charge in [0.15, 0.2) is 0 Å². The van der Waals surface area contributed by atoms with Crippen molar-refractivity contribution < 1.29 is 4.79 Å². The predicted molar refractivity (Wildman–Crippen MR) is 81.6 cm³/mol. The lowest BCUT2D eigenvalue weighted by atomic mass is 10.2. The molecule has 0 bridgehead atoms. The van der Waals surface area contributed by atoms with Crippen LogP contribution in [0.15, 0.2) is 33.9 Å². The molecule has 0 unspecified atom stereocenters. The van der Waals surface area contributed by atoms with E-state index in [2.05, 4.69) is 43.3 Å². The average Bonchev–Trinajstić information content (AvgIpc) is 2.85. The van der Waals surface area contributed by atoms with Crippen molar-refractivity contribution in [1.82, 2.24) is 9.97 Å². The molecular weight excluding hydrogens is 326 g/mol. The van der Waals surface area contributed by atoms with E-state index in [9.17, 15) is 4.79 Å². The molecule has 0 radical (unpaired) electrons. The van der Waals surface area contributed by atoms with Crippen LogP contribution in [-0.2, 0) is 4.79 Å². The number of H-pyrrole nitrogens is 1. The van der Waals surface area contributed by atoms with Crippen LogP contribution in [0.1, 0.15) is 11.1 Å². The van der Waals surface area contributed by atoms with Gasteiger partial charge in [-0.15, -0.1) is 11.8 Å². The smallest absolute Gasteiger partial charge is 0.237 e. The van der Waals surface area contributed by atoms with Gasteiger partial charge in [0.1, 0.15) is 0 Å². The first kappa shape index (κ1) is 14.1. The lowest BCUT2D eigenvalue weighted by Gasteiger charge is -2.08. The van der Waals surface area contributed by atoms with E-state index in [0.29, 0.717) is 11.7 Å². The number of nitrogens with one attached hydrogen (secondary N) is 2. The van der Waals surface area contributed by atoms with Crippen LogP contribution in [0.4, 0.5) is 5.95 Å². The van der Waals surface area contributed by atoms with Gasteiger partial charge in [-0.3, -0.25) is 10.1 Å². The summed E-state index contributed by atoms with van der Waals surface area (Å²) in [6.07, 6.45) is 3.27. The van der Waals surface area contributed by atoms with Crippen LogP contribution in [0.5, 0.6) is 0 Å². The van der Waals surface area contributed by atoms with Crippen LogP contribution in [0.2, 0.25) is 0 Å². The second kappa shape index (κ2) is 6.25. The monoisotopic (exact) mass is 339 g/mol. The lowest BCUT2D eigenvalue weighted by Crippen LogP contribution is -2.15. The fraction of sp³-hybridized carbons (Fsp3) is 0.231. The molecule has 0 aliphatic heterocycles. The molecule has 1 heterocycles. The highest BCUT2D eigenvalue weighted by atomic mass is 79.9. The number of nitrogens with zero attached hydrogens (tertiary/aromatic N) is 1. The number of hydrogen-bond acceptors (Lipinski definition) is 3. The van der Waals surface area contributed by atoms with Crippen molar-refractivity contribution in [3.05, 3.63) is 40.1 Å². The predicted octanol–water partition coefficient (Wildman–Crippen LogP) is 3.52. The summed E-state index contributed by atoms with van der Waals surface area (Å²) in [5.41, 5.74) is 2.33. The minimum absolute atomic E-state index is 0.0695. The Morgan fingerprint density at radius 3 is 2.89 bits per heavy atom. The molecule has 0 spiro atoms. The van der Waals surface area contributed by atoms with Crippen molar-refractivity contribution in [3.8, 4) is 0 Å². The van der Waals surface area contributed by atoms with Crippen molar-refractivity contribution in [2.45, 2.75) is 18.7 Å². The number of hydrogen-bond donors (Lipinski definition) is 2. The van der Waals surface area contributed by atoms with E-state index in [1.165, 1.54) is 17.3 Å². The molecule has 1 aromatic carbocycles. The Kier molecular flexibility index (Phi) is 4.66. The fourth-order valence-electron chi connectivity index (χ4n) is 1.56. The quantitative estimate of drug-likeness (QED) is 0.838. The third-order valence-electron chi connectivity index (χ3n) is 2.57. The first-order chi connectivity index (χ1) is 9.06. The van der Waals surface area contributed by atoms with E-state index in [0.717, 1.165) is 14.9 Å². The van der Waals surface area contributed by atoms with Crippen molar-refractivity contribution in [2.24, 2.45) is 0 Å². The second-order valence-corrected chi connectivity index (χ2v) is 6.01. The van der Waals surface area contributed by atoms with Crippen molar-refractivity contribution in [3.63, 3.8) is 0 Å². The molecule has 0 saturated carbocycles. The molecule has 2 N–H and O–H groups in total. The molecule has 1 aromatic heterocycles. The van der Waals surface area contributed by atoms with E-state index in [4.69, 9.17) is 0 Å². The zero-order valence-corrected chi connectivity index (χ0v) is 13.1. The summed E-state index contributed by atoms with van der Waals surface area (Å²) >= 11 is 5.02. The van der Waals surface area contributed by atoms with Gasteiger partial charge in [0, 0.05) is 21.8 Å². The number of aromatic amines is 1. The largest absolute Gasteiger partial charge is 0.331 e. The summed E-state index contributed by atoms with van der Waals surface area (Å²) in [6.45, 7) is 4.08. The number of amides is 1. The van der Waals surface area contributed by atoms with Crippen molar-refractivity contribution in [1.29, 1.82) is 0 Å². The highest BCUT2D eigenvalue weighted by molar-refractivity contribution is 9.10. The zero-order chi connectivity index (χ0) is 13.8. The number of carbonyl (C=O) groups is 1. The first-order valence-electron chi connectivity index (χ1n) is 5.75. The number of rotatable bonds is 4. The molecule has 0 aliphatic rings. The number of halogens is 1. The van der Waals surface area contributed by atoms with Gasteiger partial charge in [-0.05, 0) is 37.1 Å². The van der Waals surface area contributed by atoms with Crippen LogP contribution in [-0.4, -0.2) is 21.6 Å². The van der Waals surface area contributed by atoms with E-state index >= 15 is 0 Å². The Bertz CT molecular complexity index is 584. The van der Waals surface area contributed by atoms with Gasteiger partial charge in [-0.1, -0.05) is 15.9 Å². The van der Waals surface area contributed by atoms with Crippen LogP contribution < -0.4 is 5.32 Å². The molecular formula is C13H14BrN3OS. The molecule has 0 atom stereocenters. The molecule has 1 amide bonds. The third-order valence-corrected chi connectivity index (χ3v) is 4.58. The van der Waals surface area contributed by atoms with E-state index < -0.39 is 0 Å². The standard InChI is InChI=1S/C13H14BrN3OS/c1-8-6-11(9(2)5-10(8)14)19-7-12(18)17-13-15-3-4-16-13/h3-6H,7H2,1-2H3,(H2,15,16,17,18). The van der Waals surface area contributed by atoms with Gasteiger partial charge < -0.3 is 4.98 Å². The van der Waals surface area contributed by atoms with Gasteiger partial charge in [0.05, 0.1) is 5.75 Å². The number of aryl methyl sites for hydroxylation is 2. The normalized spacial score (nSPS) is 10.5. The van der Waals surface area contributed by atoms with Crippen molar-refractivity contribution >= 4 is 39.5 Å². The first-order valence-corrected chi connectivity index (χ1v) is 7.53. The Balaban J connectivity index is 1.95. The average molecular weight is 340 g/mol. The van der Waals surface area contributed by atoms with E-state index in [1.807, 2.05) is 13.8 Å². The Hall–Kier alpha value is -1.27. The molecule has 6 heteroatoms. The van der Waals surface area contributed by atoms with E-state index in [1.54, 1.807) is 12.4 Å². The van der Waals surface area contributed by atoms with Crippen LogP contribution >= 0.6 is 27.7 Å². The highest BCUT2D eigenvalue weighted by Crippen LogP contribution is 2.28. The van der Waals surface area contributed by atoms with Crippen LogP contribution in [0.3, 0.4) is 0 Å². The minimum Gasteiger partial charge on any atom is -0.331 e. The number of carbonyl (C=O) groups excluding carboxylic acids is 1. The van der Waals surface area contributed by atoms with Gasteiger partial charge >= 0.3 is 0 Å². The number of anilines is 1. The Morgan fingerprint density at radius 1 is 1.42 bits per heavy atom. The van der Waals surface area contributed by atoms with Gasteiger partial charge in [-0.25, -0.2) is 4.98 Å². The summed E-state index contributed by atoms with van der Waals surface area (Å²) in [6, 6.07) is 4.16. The molecule has 19 heavy (non-hydrogen) atoms. The summed E-state index contributed by atoms with van der Waals surface area (Å²) in [5, 5.41) is 2.70. The maximum Gasteiger partial charge on any atom is 0.237 e. The lowest BCUT2D eigenvalue weighted by molar-refractivity contribution is -0.113. The fourth-order valence-corrected chi connectivity index (χ4v) is 2.92. The summed E-state index contributed by atoms with van der Waals surface area (Å²) in [4.78, 5) is 19.7. The Morgan fingerprint density at radius 2 is 2.21 bits per heavy atom. The number of thioether (sulfide) groups is 1. The Labute approximate surface area is 124 Å². The summed E-state index contributed by atoms with van der Waals surface area (Å²) in [7, 11) is 0. The molecule has 100 valence electrons. The maximum absolute atomic E-state index is 11.7. The molecule has 4 nitrogen and oxygen atoms in total.